The van der Waals surface area contributed by atoms with E-state index in [2.05, 4.69) is 27.2 Å². The van der Waals surface area contributed by atoms with Crippen molar-refractivity contribution in [2.75, 3.05) is 56.7 Å². The maximum atomic E-state index is 12.4. The minimum Gasteiger partial charge on any atom is -0.383 e. The van der Waals surface area contributed by atoms with Crippen molar-refractivity contribution < 1.29 is 9.53 Å². The molecule has 1 fully saturated rings. The highest BCUT2D eigenvalue weighted by Gasteiger charge is 2.17. The molecule has 144 valence electrons. The molecule has 1 N–H and O–H groups in total. The van der Waals surface area contributed by atoms with E-state index in [1.54, 1.807) is 7.11 Å². The molecule has 0 aliphatic carbocycles. The molecule has 0 bridgehead atoms. The lowest BCUT2D eigenvalue weighted by molar-refractivity contribution is 0.102. The smallest absolute Gasteiger partial charge is 0.255 e. The molecule has 0 saturated carbocycles. The summed E-state index contributed by atoms with van der Waals surface area (Å²) in [5, 5.41) is 2.99. The highest BCUT2D eigenvalue weighted by molar-refractivity contribution is 6.04. The van der Waals surface area contributed by atoms with Crippen LogP contribution < -0.4 is 10.2 Å². The van der Waals surface area contributed by atoms with Crippen molar-refractivity contribution in [1.82, 2.24) is 4.90 Å². The Balaban J connectivity index is 1.56. The van der Waals surface area contributed by atoms with Gasteiger partial charge in [0.25, 0.3) is 5.91 Å². The van der Waals surface area contributed by atoms with Gasteiger partial charge < -0.3 is 15.0 Å². The molecular formula is C22H29N3O2. The third-order valence-corrected chi connectivity index (χ3v) is 5.24. The largest absolute Gasteiger partial charge is 0.383 e. The number of hydrogen-bond acceptors (Lipinski definition) is 4. The topological polar surface area (TPSA) is 44.8 Å². The minimum atomic E-state index is -0.0717. The number of benzene rings is 2. The third kappa shape index (κ3) is 5.08. The van der Waals surface area contributed by atoms with Gasteiger partial charge >= 0.3 is 0 Å². The first-order chi connectivity index (χ1) is 13.1. The lowest BCUT2D eigenvalue weighted by Gasteiger charge is -2.36. The Bertz CT molecular complexity index is 766. The Morgan fingerprint density at radius 2 is 1.70 bits per heavy atom. The number of anilines is 2. The average molecular weight is 367 g/mol. The standard InChI is InChI=1S/C22H29N3O2/c1-17-4-5-19(16-18(17)2)22(26)23-20-6-8-21(9-7-20)25-12-10-24(11-13-25)14-15-27-3/h4-9,16H,10-15H2,1-3H3,(H,23,26). The van der Waals surface area contributed by atoms with Crippen molar-refractivity contribution in [2.24, 2.45) is 0 Å². The molecule has 3 rings (SSSR count). The molecule has 0 radical (unpaired) electrons. The maximum Gasteiger partial charge on any atom is 0.255 e. The number of hydrogen-bond donors (Lipinski definition) is 1. The number of aryl methyl sites for hydroxylation is 2. The van der Waals surface area contributed by atoms with Crippen LogP contribution in [0.1, 0.15) is 21.5 Å². The van der Waals surface area contributed by atoms with E-state index in [0.717, 1.165) is 50.6 Å². The molecule has 2 aromatic carbocycles. The second-order valence-corrected chi connectivity index (χ2v) is 7.12. The minimum absolute atomic E-state index is 0.0717. The van der Waals surface area contributed by atoms with Gasteiger partial charge in [0, 0.05) is 56.8 Å². The number of nitrogens with one attached hydrogen (secondary N) is 1. The summed E-state index contributed by atoms with van der Waals surface area (Å²) in [5.41, 5.74) is 5.03. The summed E-state index contributed by atoms with van der Waals surface area (Å²) in [7, 11) is 1.75. The van der Waals surface area contributed by atoms with Crippen molar-refractivity contribution in [1.29, 1.82) is 0 Å². The van der Waals surface area contributed by atoms with E-state index in [1.807, 2.05) is 44.2 Å². The fourth-order valence-electron chi connectivity index (χ4n) is 3.29. The van der Waals surface area contributed by atoms with Gasteiger partial charge in [-0.1, -0.05) is 6.07 Å². The van der Waals surface area contributed by atoms with Crippen LogP contribution in [-0.2, 0) is 4.74 Å². The molecule has 1 aliphatic rings. The summed E-state index contributed by atoms with van der Waals surface area (Å²) >= 11 is 0. The van der Waals surface area contributed by atoms with Crippen LogP contribution >= 0.6 is 0 Å². The van der Waals surface area contributed by atoms with Crippen LogP contribution in [0.2, 0.25) is 0 Å². The number of methoxy groups -OCH3 is 1. The van der Waals surface area contributed by atoms with Crippen LogP contribution in [0.4, 0.5) is 11.4 Å². The van der Waals surface area contributed by atoms with Gasteiger partial charge in [-0.3, -0.25) is 9.69 Å². The SMILES string of the molecule is COCCN1CCN(c2ccc(NC(=O)c3ccc(C)c(C)c3)cc2)CC1. The van der Waals surface area contributed by atoms with Crippen molar-refractivity contribution in [3.8, 4) is 0 Å². The number of carbonyl (C=O) groups is 1. The fraction of sp³-hybridized carbons (Fsp3) is 0.409. The highest BCUT2D eigenvalue weighted by Crippen LogP contribution is 2.20. The molecular weight excluding hydrogens is 338 g/mol. The number of amides is 1. The van der Waals surface area contributed by atoms with E-state index < -0.39 is 0 Å². The van der Waals surface area contributed by atoms with E-state index in [-0.39, 0.29) is 5.91 Å². The van der Waals surface area contributed by atoms with Gasteiger partial charge in [0.15, 0.2) is 0 Å². The predicted octanol–water partition coefficient (Wildman–Crippen LogP) is 3.32. The quantitative estimate of drug-likeness (QED) is 0.851. The molecule has 1 aliphatic heterocycles. The summed E-state index contributed by atoms with van der Waals surface area (Å²) in [5.74, 6) is -0.0717. The van der Waals surface area contributed by atoms with Crippen LogP contribution in [0, 0.1) is 13.8 Å². The predicted molar refractivity (Wildman–Crippen MR) is 111 cm³/mol. The monoisotopic (exact) mass is 367 g/mol. The first kappa shape index (κ1) is 19.4. The van der Waals surface area contributed by atoms with Crippen molar-refractivity contribution in [3.63, 3.8) is 0 Å². The Morgan fingerprint density at radius 3 is 2.33 bits per heavy atom. The molecule has 27 heavy (non-hydrogen) atoms. The van der Waals surface area contributed by atoms with Gasteiger partial charge in [-0.15, -0.1) is 0 Å². The number of rotatable bonds is 6. The van der Waals surface area contributed by atoms with Crippen molar-refractivity contribution >= 4 is 17.3 Å². The average Bonchev–Trinajstić information content (AvgIpc) is 2.69. The summed E-state index contributed by atoms with van der Waals surface area (Å²) in [6.07, 6.45) is 0. The number of piperazine rings is 1. The van der Waals surface area contributed by atoms with E-state index in [0.29, 0.717) is 5.56 Å². The zero-order chi connectivity index (χ0) is 19.2. The van der Waals surface area contributed by atoms with Crippen LogP contribution in [-0.4, -0.2) is 57.2 Å². The second kappa shape index (κ2) is 9.02. The number of ether oxygens (including phenoxy) is 1. The highest BCUT2D eigenvalue weighted by atomic mass is 16.5. The molecule has 0 aromatic heterocycles. The van der Waals surface area contributed by atoms with Gasteiger partial charge in [-0.05, 0) is 61.4 Å². The van der Waals surface area contributed by atoms with E-state index in [9.17, 15) is 4.79 Å². The number of nitrogens with zero attached hydrogens (tertiary/aromatic N) is 2. The molecule has 0 spiro atoms. The molecule has 5 heteroatoms. The van der Waals surface area contributed by atoms with Crippen LogP contribution in [0.15, 0.2) is 42.5 Å². The van der Waals surface area contributed by atoms with Crippen molar-refractivity contribution in [3.05, 3.63) is 59.2 Å². The molecule has 1 heterocycles. The fourth-order valence-corrected chi connectivity index (χ4v) is 3.29. The molecule has 1 amide bonds. The molecule has 1 saturated heterocycles. The second-order valence-electron chi connectivity index (χ2n) is 7.12. The Hall–Kier alpha value is -2.37. The molecule has 0 unspecified atom stereocenters. The molecule has 5 nitrogen and oxygen atoms in total. The van der Waals surface area contributed by atoms with E-state index in [4.69, 9.17) is 4.74 Å². The van der Waals surface area contributed by atoms with Crippen molar-refractivity contribution in [2.45, 2.75) is 13.8 Å². The summed E-state index contributed by atoms with van der Waals surface area (Å²) in [4.78, 5) is 17.3. The van der Waals surface area contributed by atoms with E-state index in [1.165, 1.54) is 11.3 Å². The zero-order valence-corrected chi connectivity index (χ0v) is 16.5. The molecule has 0 atom stereocenters. The lowest BCUT2D eigenvalue weighted by Crippen LogP contribution is -2.47. The Morgan fingerprint density at radius 1 is 1.00 bits per heavy atom. The zero-order valence-electron chi connectivity index (χ0n) is 16.5. The van der Waals surface area contributed by atoms with Gasteiger partial charge in [0.1, 0.15) is 0 Å². The third-order valence-electron chi connectivity index (χ3n) is 5.24. The summed E-state index contributed by atoms with van der Waals surface area (Å²) in [6.45, 7) is 9.98. The Kier molecular flexibility index (Phi) is 6.48. The van der Waals surface area contributed by atoms with Gasteiger partial charge in [0.2, 0.25) is 0 Å². The first-order valence-corrected chi connectivity index (χ1v) is 9.52. The normalized spacial score (nSPS) is 15.0. The van der Waals surface area contributed by atoms with Gasteiger partial charge in [0.05, 0.1) is 6.61 Å². The summed E-state index contributed by atoms with van der Waals surface area (Å²) in [6, 6.07) is 13.9. The molecule has 2 aromatic rings. The van der Waals surface area contributed by atoms with Gasteiger partial charge in [-0.2, -0.15) is 0 Å². The number of carbonyl (C=O) groups excluding carboxylic acids is 1. The summed E-state index contributed by atoms with van der Waals surface area (Å²) < 4.78 is 5.16. The van der Waals surface area contributed by atoms with Crippen LogP contribution in [0.25, 0.3) is 0 Å². The van der Waals surface area contributed by atoms with Crippen LogP contribution in [0.5, 0.6) is 0 Å². The van der Waals surface area contributed by atoms with E-state index >= 15 is 0 Å². The lowest BCUT2D eigenvalue weighted by atomic mass is 10.1. The Labute approximate surface area is 161 Å². The first-order valence-electron chi connectivity index (χ1n) is 9.52. The maximum absolute atomic E-state index is 12.4. The van der Waals surface area contributed by atoms with Gasteiger partial charge in [-0.25, -0.2) is 0 Å². The van der Waals surface area contributed by atoms with Crippen LogP contribution in [0.3, 0.4) is 0 Å².